The van der Waals surface area contributed by atoms with Crippen molar-refractivity contribution < 1.29 is 0 Å². The van der Waals surface area contributed by atoms with Crippen molar-refractivity contribution in [3.05, 3.63) is 35.2 Å². The van der Waals surface area contributed by atoms with Crippen molar-refractivity contribution in [1.29, 1.82) is 0 Å². The molecule has 2 heterocycles. The zero-order chi connectivity index (χ0) is 11.7. The fourth-order valence-corrected chi connectivity index (χ4v) is 3.51. The average Bonchev–Trinajstić information content (AvgIpc) is 2.73. The number of hydrogen-bond acceptors (Lipinski definition) is 3. The Labute approximate surface area is 106 Å². The number of piperazine rings is 1. The SMILES string of the molecule is C[C@H]1CN(Cc2csc3ccccc23)CCN1. The molecule has 1 atom stereocenters. The molecular weight excluding hydrogens is 228 g/mol. The largest absolute Gasteiger partial charge is 0.312 e. The highest BCUT2D eigenvalue weighted by Crippen LogP contribution is 2.26. The molecule has 2 nitrogen and oxygen atoms in total. The molecule has 0 bridgehead atoms. The number of nitrogens with zero attached hydrogens (tertiary/aromatic N) is 1. The summed E-state index contributed by atoms with van der Waals surface area (Å²) >= 11 is 1.86. The highest BCUT2D eigenvalue weighted by atomic mass is 32.1. The van der Waals surface area contributed by atoms with Gasteiger partial charge in [-0.3, -0.25) is 4.90 Å². The Morgan fingerprint density at radius 3 is 3.18 bits per heavy atom. The highest BCUT2D eigenvalue weighted by Gasteiger charge is 2.16. The van der Waals surface area contributed by atoms with E-state index in [1.54, 1.807) is 0 Å². The van der Waals surface area contributed by atoms with Crippen LogP contribution in [0.5, 0.6) is 0 Å². The van der Waals surface area contributed by atoms with Crippen LogP contribution in [0.2, 0.25) is 0 Å². The van der Waals surface area contributed by atoms with Crippen LogP contribution in [0.25, 0.3) is 10.1 Å². The van der Waals surface area contributed by atoms with Crippen molar-refractivity contribution >= 4 is 21.4 Å². The minimum Gasteiger partial charge on any atom is -0.312 e. The van der Waals surface area contributed by atoms with Gasteiger partial charge in [-0.1, -0.05) is 18.2 Å². The van der Waals surface area contributed by atoms with Gasteiger partial charge in [0.15, 0.2) is 0 Å². The Morgan fingerprint density at radius 1 is 1.41 bits per heavy atom. The summed E-state index contributed by atoms with van der Waals surface area (Å²) in [5.74, 6) is 0. The second-order valence-corrected chi connectivity index (χ2v) is 5.76. The summed E-state index contributed by atoms with van der Waals surface area (Å²) in [6, 6.07) is 9.33. The van der Waals surface area contributed by atoms with E-state index in [9.17, 15) is 0 Å². The van der Waals surface area contributed by atoms with Gasteiger partial charge < -0.3 is 5.32 Å². The maximum atomic E-state index is 3.49. The Balaban J connectivity index is 1.80. The van der Waals surface area contributed by atoms with Crippen LogP contribution in [0, 0.1) is 0 Å². The molecule has 1 aliphatic heterocycles. The highest BCUT2D eigenvalue weighted by molar-refractivity contribution is 7.17. The third kappa shape index (κ3) is 2.37. The van der Waals surface area contributed by atoms with E-state index in [-0.39, 0.29) is 0 Å². The van der Waals surface area contributed by atoms with E-state index in [2.05, 4.69) is 46.8 Å². The molecule has 1 N–H and O–H groups in total. The molecule has 17 heavy (non-hydrogen) atoms. The first-order valence-electron chi connectivity index (χ1n) is 6.24. The lowest BCUT2D eigenvalue weighted by Crippen LogP contribution is -2.48. The van der Waals surface area contributed by atoms with Gasteiger partial charge in [0.25, 0.3) is 0 Å². The molecule has 1 saturated heterocycles. The van der Waals surface area contributed by atoms with Crippen LogP contribution in [0.1, 0.15) is 12.5 Å². The molecule has 1 aromatic heterocycles. The van der Waals surface area contributed by atoms with E-state index in [0.717, 1.165) is 26.2 Å². The molecule has 90 valence electrons. The first-order valence-corrected chi connectivity index (χ1v) is 7.12. The van der Waals surface area contributed by atoms with E-state index < -0.39 is 0 Å². The summed E-state index contributed by atoms with van der Waals surface area (Å²) in [6.07, 6.45) is 0. The fourth-order valence-electron chi connectivity index (χ4n) is 2.55. The van der Waals surface area contributed by atoms with Gasteiger partial charge in [0.1, 0.15) is 0 Å². The topological polar surface area (TPSA) is 15.3 Å². The monoisotopic (exact) mass is 246 g/mol. The van der Waals surface area contributed by atoms with Crippen LogP contribution in [0.15, 0.2) is 29.6 Å². The molecule has 3 rings (SSSR count). The molecule has 3 heteroatoms. The van der Waals surface area contributed by atoms with Crippen LogP contribution in [-0.4, -0.2) is 30.6 Å². The third-order valence-corrected chi connectivity index (χ3v) is 4.42. The van der Waals surface area contributed by atoms with Crippen molar-refractivity contribution in [3.8, 4) is 0 Å². The molecule has 1 aliphatic rings. The molecule has 0 spiro atoms. The Bertz CT molecular complexity index is 506. The smallest absolute Gasteiger partial charge is 0.0346 e. The maximum Gasteiger partial charge on any atom is 0.0346 e. The summed E-state index contributed by atoms with van der Waals surface area (Å²) < 4.78 is 1.41. The van der Waals surface area contributed by atoms with Crippen molar-refractivity contribution in [2.75, 3.05) is 19.6 Å². The number of rotatable bonds is 2. The van der Waals surface area contributed by atoms with Crippen molar-refractivity contribution in [1.82, 2.24) is 10.2 Å². The Kier molecular flexibility index (Phi) is 3.14. The normalized spacial score (nSPS) is 22.1. The van der Waals surface area contributed by atoms with Crippen LogP contribution in [0.4, 0.5) is 0 Å². The van der Waals surface area contributed by atoms with Crippen molar-refractivity contribution in [2.45, 2.75) is 19.5 Å². The predicted octanol–water partition coefficient (Wildman–Crippen LogP) is 2.70. The lowest BCUT2D eigenvalue weighted by atomic mass is 10.1. The van der Waals surface area contributed by atoms with E-state index in [0.29, 0.717) is 6.04 Å². The summed E-state index contributed by atoms with van der Waals surface area (Å²) in [6.45, 7) is 6.79. The molecule has 0 amide bonds. The average molecular weight is 246 g/mol. The van der Waals surface area contributed by atoms with E-state index in [1.165, 1.54) is 15.6 Å². The third-order valence-electron chi connectivity index (χ3n) is 3.41. The molecule has 0 unspecified atom stereocenters. The number of fused-ring (bicyclic) bond motifs is 1. The van der Waals surface area contributed by atoms with Crippen LogP contribution in [0.3, 0.4) is 0 Å². The van der Waals surface area contributed by atoms with Crippen LogP contribution < -0.4 is 5.32 Å². The van der Waals surface area contributed by atoms with Gasteiger partial charge in [-0.05, 0) is 29.3 Å². The summed E-state index contributed by atoms with van der Waals surface area (Å²) in [4.78, 5) is 2.55. The number of hydrogen-bond donors (Lipinski definition) is 1. The molecule has 1 fully saturated rings. The minimum absolute atomic E-state index is 0.619. The maximum absolute atomic E-state index is 3.49. The van der Waals surface area contributed by atoms with Gasteiger partial charge in [-0.25, -0.2) is 0 Å². The van der Waals surface area contributed by atoms with Crippen LogP contribution >= 0.6 is 11.3 Å². The van der Waals surface area contributed by atoms with Gasteiger partial charge in [0.2, 0.25) is 0 Å². The fraction of sp³-hybridized carbons (Fsp3) is 0.429. The van der Waals surface area contributed by atoms with Gasteiger partial charge in [-0.2, -0.15) is 0 Å². The lowest BCUT2D eigenvalue weighted by Gasteiger charge is -2.31. The molecule has 2 aromatic rings. The van der Waals surface area contributed by atoms with Gasteiger partial charge in [-0.15, -0.1) is 11.3 Å². The lowest BCUT2D eigenvalue weighted by molar-refractivity contribution is 0.200. The standard InChI is InChI=1S/C14H18N2S/c1-11-8-16(7-6-15-11)9-12-10-17-14-5-3-2-4-13(12)14/h2-5,10-11,15H,6-9H2,1H3/t11-/m0/s1. The molecular formula is C14H18N2S. The Hall–Kier alpha value is -0.900. The zero-order valence-corrected chi connectivity index (χ0v) is 11.0. The first-order chi connectivity index (χ1) is 8.33. The first kappa shape index (κ1) is 11.2. The second-order valence-electron chi connectivity index (χ2n) is 4.85. The minimum atomic E-state index is 0.619. The predicted molar refractivity (Wildman–Crippen MR) is 74.6 cm³/mol. The zero-order valence-electron chi connectivity index (χ0n) is 10.1. The van der Waals surface area contributed by atoms with E-state index in [4.69, 9.17) is 0 Å². The van der Waals surface area contributed by atoms with E-state index >= 15 is 0 Å². The van der Waals surface area contributed by atoms with Crippen molar-refractivity contribution in [2.24, 2.45) is 0 Å². The quantitative estimate of drug-likeness (QED) is 0.876. The van der Waals surface area contributed by atoms with Gasteiger partial charge in [0.05, 0.1) is 0 Å². The molecule has 0 saturated carbocycles. The summed E-state index contributed by atoms with van der Waals surface area (Å²) in [7, 11) is 0. The van der Waals surface area contributed by atoms with Gasteiger partial charge >= 0.3 is 0 Å². The Morgan fingerprint density at radius 2 is 2.29 bits per heavy atom. The molecule has 1 aromatic carbocycles. The number of nitrogens with one attached hydrogen (secondary N) is 1. The summed E-state index contributed by atoms with van der Waals surface area (Å²) in [5.41, 5.74) is 1.49. The van der Waals surface area contributed by atoms with Crippen molar-refractivity contribution in [3.63, 3.8) is 0 Å². The summed E-state index contributed by atoms with van der Waals surface area (Å²) in [5, 5.41) is 7.24. The van der Waals surface area contributed by atoms with Crippen LogP contribution in [-0.2, 0) is 6.54 Å². The van der Waals surface area contributed by atoms with E-state index in [1.807, 2.05) is 11.3 Å². The number of thiophene rings is 1. The number of benzene rings is 1. The molecule has 0 radical (unpaired) electrons. The van der Waals surface area contributed by atoms with Gasteiger partial charge in [0, 0.05) is 36.9 Å². The second kappa shape index (κ2) is 4.77. The molecule has 0 aliphatic carbocycles.